The van der Waals surface area contributed by atoms with E-state index in [4.69, 9.17) is 18.6 Å². The van der Waals surface area contributed by atoms with Crippen molar-refractivity contribution < 1.29 is 23.4 Å². The van der Waals surface area contributed by atoms with E-state index in [0.29, 0.717) is 58.2 Å². The largest absolute Gasteiger partial charge is 0.486 e. The van der Waals surface area contributed by atoms with E-state index < -0.39 is 17.6 Å². The van der Waals surface area contributed by atoms with Crippen molar-refractivity contribution in [1.82, 2.24) is 0 Å². The molecule has 1 amide bonds. The third-order valence-corrected chi connectivity index (χ3v) is 5.88. The lowest BCUT2D eigenvalue weighted by atomic mass is 9.88. The number of hydrogen-bond acceptors (Lipinski definition) is 6. The predicted octanol–water partition coefficient (Wildman–Crippen LogP) is 4.10. The lowest BCUT2D eigenvalue weighted by Crippen LogP contribution is -2.35. The summed E-state index contributed by atoms with van der Waals surface area (Å²) in [6.45, 7) is 0.901. The summed E-state index contributed by atoms with van der Waals surface area (Å²) in [5.74, 6) is 0.524. The minimum absolute atomic E-state index is 0.318. The van der Waals surface area contributed by atoms with Crippen molar-refractivity contribution in [3.63, 3.8) is 0 Å². The molecule has 3 heterocycles. The van der Waals surface area contributed by atoms with Crippen LogP contribution >= 0.6 is 0 Å². The van der Waals surface area contributed by atoms with Crippen LogP contribution in [-0.4, -0.2) is 25.2 Å². The van der Waals surface area contributed by atoms with Crippen LogP contribution < -0.4 is 25.2 Å². The molecular weight excluding hydrogens is 422 g/mol. The summed E-state index contributed by atoms with van der Waals surface area (Å²) in [4.78, 5) is 26.5. The Morgan fingerprint density at radius 1 is 0.879 bits per heavy atom. The Bertz CT molecular complexity index is 1430. The highest BCUT2D eigenvalue weighted by molar-refractivity contribution is 5.97. The van der Waals surface area contributed by atoms with Crippen LogP contribution in [0.5, 0.6) is 17.2 Å². The van der Waals surface area contributed by atoms with Gasteiger partial charge in [0, 0.05) is 5.69 Å². The van der Waals surface area contributed by atoms with Crippen molar-refractivity contribution in [2.24, 2.45) is 0 Å². The molecule has 0 saturated carbocycles. The zero-order valence-corrected chi connectivity index (χ0v) is 17.4. The normalized spacial score (nSPS) is 18.4. The first-order valence-electron chi connectivity index (χ1n) is 10.7. The maximum absolute atomic E-state index is 13.4. The van der Waals surface area contributed by atoms with Crippen molar-refractivity contribution in [2.75, 3.05) is 18.5 Å². The van der Waals surface area contributed by atoms with Gasteiger partial charge >= 0.3 is 5.63 Å². The lowest BCUT2D eigenvalue weighted by molar-refractivity contribution is -0.122. The lowest BCUT2D eigenvalue weighted by Gasteiger charge is -2.22. The molecule has 6 rings (SSSR count). The van der Waals surface area contributed by atoms with Gasteiger partial charge < -0.3 is 23.9 Å². The first-order valence-corrected chi connectivity index (χ1v) is 10.7. The van der Waals surface area contributed by atoms with E-state index in [-0.39, 0.29) is 5.91 Å². The minimum Gasteiger partial charge on any atom is -0.486 e. The minimum atomic E-state index is -0.975. The van der Waals surface area contributed by atoms with Crippen LogP contribution in [0.15, 0.2) is 82.0 Å². The number of carbonyl (C=O) groups is 1. The molecule has 4 aromatic rings. The van der Waals surface area contributed by atoms with Crippen molar-refractivity contribution in [3.8, 4) is 17.2 Å². The van der Waals surface area contributed by atoms with Crippen molar-refractivity contribution in [2.45, 2.75) is 12.0 Å². The molecule has 0 aliphatic carbocycles. The number of ether oxygens (including phenoxy) is 3. The number of carbonyl (C=O) groups excluding carboxylic acids is 1. The zero-order chi connectivity index (χ0) is 22.4. The molecule has 0 radical (unpaired) electrons. The molecule has 2 aliphatic heterocycles. The maximum atomic E-state index is 13.4. The fourth-order valence-corrected chi connectivity index (χ4v) is 4.41. The monoisotopic (exact) mass is 441 g/mol. The molecule has 2 atom stereocenters. The molecule has 0 fully saturated rings. The highest BCUT2D eigenvalue weighted by Crippen LogP contribution is 2.46. The fourth-order valence-electron chi connectivity index (χ4n) is 4.41. The Kier molecular flexibility index (Phi) is 4.54. The SMILES string of the molecule is O=C(Nc1ccccc1)[C@@H]1Oc2c(c(=O)oc3ccccc23)[C@H]1c1ccc2c(c1)OCCO2. The average Bonchev–Trinajstić information content (AvgIpc) is 3.26. The van der Waals surface area contributed by atoms with E-state index in [2.05, 4.69) is 5.32 Å². The van der Waals surface area contributed by atoms with Crippen molar-refractivity contribution >= 4 is 22.6 Å². The number of hydrogen-bond donors (Lipinski definition) is 1. The number of para-hydroxylation sites is 2. The average molecular weight is 441 g/mol. The van der Waals surface area contributed by atoms with Gasteiger partial charge in [-0.15, -0.1) is 0 Å². The number of amides is 1. The smallest absolute Gasteiger partial charge is 0.344 e. The molecule has 0 unspecified atom stereocenters. The summed E-state index contributed by atoms with van der Waals surface area (Å²) in [7, 11) is 0. The van der Waals surface area contributed by atoms with Gasteiger partial charge in [0.05, 0.1) is 16.9 Å². The summed E-state index contributed by atoms with van der Waals surface area (Å²) >= 11 is 0. The van der Waals surface area contributed by atoms with Crippen LogP contribution in [-0.2, 0) is 4.79 Å². The van der Waals surface area contributed by atoms with E-state index >= 15 is 0 Å². The van der Waals surface area contributed by atoms with Gasteiger partial charge in [0.25, 0.3) is 5.91 Å². The first kappa shape index (κ1) is 19.4. The third-order valence-electron chi connectivity index (χ3n) is 5.88. The molecule has 7 nitrogen and oxygen atoms in total. The number of nitrogens with one attached hydrogen (secondary N) is 1. The number of benzene rings is 3. The predicted molar refractivity (Wildman–Crippen MR) is 121 cm³/mol. The topological polar surface area (TPSA) is 87.0 Å². The van der Waals surface area contributed by atoms with Crippen LogP contribution in [0.3, 0.4) is 0 Å². The van der Waals surface area contributed by atoms with E-state index in [1.807, 2.05) is 36.4 Å². The van der Waals surface area contributed by atoms with E-state index in [1.54, 1.807) is 36.4 Å². The summed E-state index contributed by atoms with van der Waals surface area (Å²) < 4.78 is 23.2. The summed E-state index contributed by atoms with van der Waals surface area (Å²) in [5.41, 5.74) is 1.54. The Balaban J connectivity index is 1.49. The van der Waals surface area contributed by atoms with Gasteiger partial charge in [-0.3, -0.25) is 4.79 Å². The molecule has 1 N–H and O–H groups in total. The van der Waals surface area contributed by atoms with Crippen molar-refractivity contribution in [3.05, 3.63) is 94.3 Å². The Morgan fingerprint density at radius 3 is 2.48 bits per heavy atom. The summed E-state index contributed by atoms with van der Waals surface area (Å²) in [6, 6.07) is 21.7. The van der Waals surface area contributed by atoms with Gasteiger partial charge in [-0.2, -0.15) is 0 Å². The molecule has 0 bridgehead atoms. The molecule has 1 aromatic heterocycles. The summed E-state index contributed by atoms with van der Waals surface area (Å²) in [6.07, 6.45) is -0.975. The third kappa shape index (κ3) is 3.29. The molecule has 0 saturated heterocycles. The second kappa shape index (κ2) is 7.70. The van der Waals surface area contributed by atoms with Gasteiger partial charge in [-0.1, -0.05) is 36.4 Å². The molecule has 0 spiro atoms. The van der Waals surface area contributed by atoms with Crippen molar-refractivity contribution in [1.29, 1.82) is 0 Å². The number of anilines is 1. The second-order valence-corrected chi connectivity index (χ2v) is 7.90. The highest BCUT2D eigenvalue weighted by Gasteiger charge is 2.44. The van der Waals surface area contributed by atoms with Crippen LogP contribution in [0.1, 0.15) is 17.0 Å². The zero-order valence-electron chi connectivity index (χ0n) is 17.4. The highest BCUT2D eigenvalue weighted by atomic mass is 16.6. The van der Waals surface area contributed by atoms with Gasteiger partial charge in [0.1, 0.15) is 24.5 Å². The molecule has 2 aliphatic rings. The quantitative estimate of drug-likeness (QED) is 0.482. The number of fused-ring (bicyclic) bond motifs is 4. The van der Waals surface area contributed by atoms with Gasteiger partial charge in [-0.05, 0) is 42.0 Å². The van der Waals surface area contributed by atoms with Crippen LogP contribution in [0, 0.1) is 0 Å². The molecule has 3 aromatic carbocycles. The molecule has 7 heteroatoms. The second-order valence-electron chi connectivity index (χ2n) is 7.90. The first-order chi connectivity index (χ1) is 16.2. The van der Waals surface area contributed by atoms with Gasteiger partial charge in [0.15, 0.2) is 17.6 Å². The van der Waals surface area contributed by atoms with Gasteiger partial charge in [0.2, 0.25) is 0 Å². The number of rotatable bonds is 3. The fraction of sp³-hybridized carbons (Fsp3) is 0.154. The molecule has 164 valence electrons. The molecular formula is C26H19NO6. The molecule has 33 heavy (non-hydrogen) atoms. The van der Waals surface area contributed by atoms with E-state index in [0.717, 1.165) is 0 Å². The van der Waals surface area contributed by atoms with Crippen LogP contribution in [0.25, 0.3) is 11.0 Å². The van der Waals surface area contributed by atoms with Gasteiger partial charge in [-0.25, -0.2) is 4.79 Å². The van der Waals surface area contributed by atoms with E-state index in [1.165, 1.54) is 0 Å². The standard InChI is InChI=1S/C26H19NO6/c28-25(27-16-6-2-1-3-7-16)24-21(15-10-11-19-20(14-15)31-13-12-30-19)22-23(33-24)17-8-4-5-9-18(17)32-26(22)29/h1-11,14,21,24H,12-13H2,(H,27,28)/t21-,24-/m1/s1. The summed E-state index contributed by atoms with van der Waals surface area (Å²) in [5, 5.41) is 3.54. The maximum Gasteiger partial charge on any atom is 0.344 e. The van der Waals surface area contributed by atoms with E-state index in [9.17, 15) is 9.59 Å². The van der Waals surface area contributed by atoms with Crippen LogP contribution in [0.2, 0.25) is 0 Å². The van der Waals surface area contributed by atoms with Crippen LogP contribution in [0.4, 0.5) is 5.69 Å². The Morgan fingerprint density at radius 2 is 1.64 bits per heavy atom. The Labute approximate surface area is 188 Å². The Hall–Kier alpha value is -4.26.